The van der Waals surface area contributed by atoms with Crippen molar-refractivity contribution in [2.24, 2.45) is 5.92 Å². The molecule has 1 heterocycles. The molecular formula is C12H20F2N2O. The maximum Gasteiger partial charge on any atom is 0.248 e. The number of nitrogens with one attached hydrogen (secondary N) is 2. The van der Waals surface area contributed by atoms with Crippen molar-refractivity contribution < 1.29 is 13.6 Å². The number of carbonyl (C=O) groups excluding carboxylic acids is 1. The van der Waals surface area contributed by atoms with Crippen LogP contribution in [0.1, 0.15) is 38.5 Å². The molecule has 1 saturated carbocycles. The van der Waals surface area contributed by atoms with E-state index in [4.69, 9.17) is 0 Å². The van der Waals surface area contributed by atoms with Crippen molar-refractivity contribution in [2.75, 3.05) is 13.1 Å². The van der Waals surface area contributed by atoms with Gasteiger partial charge in [0.25, 0.3) is 0 Å². The van der Waals surface area contributed by atoms with E-state index in [0.717, 1.165) is 25.9 Å². The molecule has 0 aromatic rings. The average molecular weight is 246 g/mol. The Morgan fingerprint density at radius 1 is 1.24 bits per heavy atom. The summed E-state index contributed by atoms with van der Waals surface area (Å²) >= 11 is 0. The lowest BCUT2D eigenvalue weighted by Crippen LogP contribution is -2.48. The Kier molecular flexibility index (Phi) is 3.97. The third kappa shape index (κ3) is 3.63. The Morgan fingerprint density at radius 2 is 1.94 bits per heavy atom. The Labute approximate surface area is 100 Å². The molecule has 0 aromatic carbocycles. The molecular weight excluding hydrogens is 226 g/mol. The van der Waals surface area contributed by atoms with Crippen molar-refractivity contribution in [1.29, 1.82) is 0 Å². The summed E-state index contributed by atoms with van der Waals surface area (Å²) in [4.78, 5) is 11.9. The molecule has 5 heteroatoms. The topological polar surface area (TPSA) is 41.1 Å². The van der Waals surface area contributed by atoms with E-state index in [-0.39, 0.29) is 30.7 Å². The van der Waals surface area contributed by atoms with Crippen molar-refractivity contribution in [3.05, 3.63) is 0 Å². The van der Waals surface area contributed by atoms with Crippen molar-refractivity contribution in [1.82, 2.24) is 10.6 Å². The van der Waals surface area contributed by atoms with Crippen LogP contribution in [0.2, 0.25) is 0 Å². The fraction of sp³-hybridized carbons (Fsp3) is 0.917. The third-order valence-electron chi connectivity index (χ3n) is 3.73. The van der Waals surface area contributed by atoms with E-state index in [0.29, 0.717) is 12.8 Å². The van der Waals surface area contributed by atoms with E-state index in [1.807, 2.05) is 0 Å². The largest absolute Gasteiger partial charge is 0.352 e. The number of hydrogen-bond donors (Lipinski definition) is 2. The van der Waals surface area contributed by atoms with Crippen LogP contribution in [0.25, 0.3) is 0 Å². The molecule has 98 valence electrons. The maximum atomic E-state index is 13.0. The summed E-state index contributed by atoms with van der Waals surface area (Å²) in [5, 5.41) is 6.19. The zero-order chi connectivity index (χ0) is 12.3. The van der Waals surface area contributed by atoms with Gasteiger partial charge in [-0.1, -0.05) is 0 Å². The first-order valence-corrected chi connectivity index (χ1v) is 6.46. The van der Waals surface area contributed by atoms with E-state index in [2.05, 4.69) is 10.6 Å². The lowest BCUT2D eigenvalue weighted by molar-refractivity contribution is -0.130. The highest BCUT2D eigenvalue weighted by Gasteiger charge is 2.37. The summed E-state index contributed by atoms with van der Waals surface area (Å²) in [7, 11) is 0. The summed E-state index contributed by atoms with van der Waals surface area (Å²) < 4.78 is 25.9. The molecule has 2 N–H and O–H groups in total. The number of alkyl halides is 2. The molecule has 17 heavy (non-hydrogen) atoms. The van der Waals surface area contributed by atoms with Gasteiger partial charge in [-0.05, 0) is 32.2 Å². The number of amides is 1. The average Bonchev–Trinajstić information content (AvgIpc) is 2.30. The Bertz CT molecular complexity index is 268. The molecule has 1 unspecified atom stereocenters. The molecule has 0 bridgehead atoms. The van der Waals surface area contributed by atoms with Gasteiger partial charge in [0.15, 0.2) is 0 Å². The smallest absolute Gasteiger partial charge is 0.248 e. The Morgan fingerprint density at radius 3 is 2.53 bits per heavy atom. The number of rotatable bonds is 2. The maximum absolute atomic E-state index is 13.0. The molecule has 0 spiro atoms. The summed E-state index contributed by atoms with van der Waals surface area (Å²) in [5.41, 5.74) is 0. The van der Waals surface area contributed by atoms with Crippen LogP contribution in [0, 0.1) is 5.92 Å². The minimum absolute atomic E-state index is 0.0331. The molecule has 1 atom stereocenters. The predicted molar refractivity (Wildman–Crippen MR) is 60.9 cm³/mol. The fourth-order valence-corrected chi connectivity index (χ4v) is 2.60. The van der Waals surface area contributed by atoms with Gasteiger partial charge in [0, 0.05) is 31.3 Å². The highest BCUT2D eigenvalue weighted by Crippen LogP contribution is 2.36. The van der Waals surface area contributed by atoms with Crippen molar-refractivity contribution >= 4 is 5.91 Å². The van der Waals surface area contributed by atoms with Crippen molar-refractivity contribution in [3.63, 3.8) is 0 Å². The van der Waals surface area contributed by atoms with Gasteiger partial charge in [0.2, 0.25) is 11.8 Å². The summed E-state index contributed by atoms with van der Waals surface area (Å²) in [6, 6.07) is 0.179. The van der Waals surface area contributed by atoms with E-state index in [1.54, 1.807) is 0 Å². The first-order valence-electron chi connectivity index (χ1n) is 6.46. The van der Waals surface area contributed by atoms with Crippen LogP contribution >= 0.6 is 0 Å². The van der Waals surface area contributed by atoms with E-state index < -0.39 is 5.92 Å². The zero-order valence-electron chi connectivity index (χ0n) is 9.98. The molecule has 0 aromatic heterocycles. The van der Waals surface area contributed by atoms with Crippen molar-refractivity contribution in [2.45, 2.75) is 50.5 Å². The molecule has 1 aliphatic heterocycles. The molecule has 0 radical (unpaired) electrons. The summed E-state index contributed by atoms with van der Waals surface area (Å²) in [6.45, 7) is 1.80. The van der Waals surface area contributed by atoms with Crippen molar-refractivity contribution in [3.8, 4) is 0 Å². The quantitative estimate of drug-likeness (QED) is 0.778. The SMILES string of the molecule is O=C(NC1CCCNC1)C1CCC(F)(F)CC1. The van der Waals surface area contributed by atoms with Gasteiger partial charge < -0.3 is 10.6 Å². The summed E-state index contributed by atoms with van der Waals surface area (Å²) in [6.07, 6.45) is 2.40. The van der Waals surface area contributed by atoms with Gasteiger partial charge >= 0.3 is 0 Å². The fourth-order valence-electron chi connectivity index (χ4n) is 2.60. The first-order chi connectivity index (χ1) is 8.07. The van der Waals surface area contributed by atoms with Crippen LogP contribution < -0.4 is 10.6 Å². The highest BCUT2D eigenvalue weighted by molar-refractivity contribution is 5.79. The van der Waals surface area contributed by atoms with Gasteiger partial charge in [-0.15, -0.1) is 0 Å². The minimum atomic E-state index is -2.55. The Balaban J connectivity index is 1.76. The lowest BCUT2D eigenvalue weighted by Gasteiger charge is -2.30. The second kappa shape index (κ2) is 5.29. The minimum Gasteiger partial charge on any atom is -0.352 e. The monoisotopic (exact) mass is 246 g/mol. The second-order valence-electron chi connectivity index (χ2n) is 5.18. The lowest BCUT2D eigenvalue weighted by atomic mass is 9.86. The normalized spacial score (nSPS) is 29.9. The molecule has 1 saturated heterocycles. The third-order valence-corrected chi connectivity index (χ3v) is 3.73. The van der Waals surface area contributed by atoms with E-state index in [1.165, 1.54) is 0 Å². The van der Waals surface area contributed by atoms with E-state index in [9.17, 15) is 13.6 Å². The number of carbonyl (C=O) groups is 1. The molecule has 2 aliphatic rings. The standard InChI is InChI=1S/C12H20F2N2O/c13-12(14)5-3-9(4-6-12)11(17)16-10-2-1-7-15-8-10/h9-10,15H,1-8H2,(H,16,17). The van der Waals surface area contributed by atoms with Crippen LogP contribution in [-0.4, -0.2) is 31.0 Å². The molecule has 3 nitrogen and oxygen atoms in total. The van der Waals surface area contributed by atoms with Gasteiger partial charge in [-0.2, -0.15) is 0 Å². The first kappa shape index (κ1) is 12.7. The number of halogens is 2. The second-order valence-corrected chi connectivity index (χ2v) is 5.18. The molecule has 2 rings (SSSR count). The molecule has 1 amide bonds. The van der Waals surface area contributed by atoms with Crippen LogP contribution in [0.5, 0.6) is 0 Å². The van der Waals surface area contributed by atoms with Crippen LogP contribution in [0.3, 0.4) is 0 Å². The zero-order valence-corrected chi connectivity index (χ0v) is 9.98. The van der Waals surface area contributed by atoms with E-state index >= 15 is 0 Å². The van der Waals surface area contributed by atoms with Gasteiger partial charge in [-0.25, -0.2) is 8.78 Å². The highest BCUT2D eigenvalue weighted by atomic mass is 19.3. The summed E-state index contributed by atoms with van der Waals surface area (Å²) in [5.74, 6) is -2.80. The van der Waals surface area contributed by atoms with Crippen LogP contribution in [0.4, 0.5) is 8.78 Å². The van der Waals surface area contributed by atoms with Gasteiger partial charge in [0.1, 0.15) is 0 Å². The predicted octanol–water partition coefficient (Wildman–Crippen LogP) is 1.68. The van der Waals surface area contributed by atoms with Gasteiger partial charge in [0.05, 0.1) is 0 Å². The van der Waals surface area contributed by atoms with Crippen LogP contribution in [0.15, 0.2) is 0 Å². The molecule has 1 aliphatic carbocycles. The number of hydrogen-bond acceptors (Lipinski definition) is 2. The Hall–Kier alpha value is -0.710. The van der Waals surface area contributed by atoms with Crippen LogP contribution in [-0.2, 0) is 4.79 Å². The molecule has 2 fully saturated rings. The van der Waals surface area contributed by atoms with Gasteiger partial charge in [-0.3, -0.25) is 4.79 Å². The number of piperidine rings is 1.